The zero-order chi connectivity index (χ0) is 20.3. The lowest BCUT2D eigenvalue weighted by Crippen LogP contribution is -2.48. The van der Waals surface area contributed by atoms with Gasteiger partial charge < -0.3 is 4.90 Å². The van der Waals surface area contributed by atoms with Crippen LogP contribution in [-0.2, 0) is 0 Å². The molecule has 1 saturated carbocycles. The minimum absolute atomic E-state index is 0. The van der Waals surface area contributed by atoms with E-state index in [1.54, 1.807) is 6.07 Å². The zero-order valence-electron chi connectivity index (χ0n) is 17.5. The molecule has 3 aromatic rings. The SMILES string of the molecule is Cl.Fc1ccccc1C(c1nnnn1C1CCCC1)N1CCN(c2ccccc2)CC1. The summed E-state index contributed by atoms with van der Waals surface area (Å²) < 4.78 is 16.9. The molecule has 0 spiro atoms. The number of rotatable bonds is 5. The maximum Gasteiger partial charge on any atom is 0.173 e. The molecule has 1 aromatic heterocycles. The first kappa shape index (κ1) is 21.7. The van der Waals surface area contributed by atoms with E-state index in [0.717, 1.165) is 44.8 Å². The van der Waals surface area contributed by atoms with Gasteiger partial charge in [-0.2, -0.15) is 0 Å². The molecule has 1 unspecified atom stereocenters. The predicted octanol–water partition coefficient (Wildman–Crippen LogP) is 4.26. The van der Waals surface area contributed by atoms with Crippen molar-refractivity contribution < 1.29 is 4.39 Å². The van der Waals surface area contributed by atoms with Gasteiger partial charge in [0.1, 0.15) is 11.9 Å². The summed E-state index contributed by atoms with van der Waals surface area (Å²) >= 11 is 0. The number of benzene rings is 2. The Hall–Kier alpha value is -2.51. The van der Waals surface area contributed by atoms with Gasteiger partial charge in [0, 0.05) is 37.4 Å². The number of tetrazole rings is 1. The van der Waals surface area contributed by atoms with Crippen LogP contribution < -0.4 is 4.90 Å². The second kappa shape index (κ2) is 9.75. The lowest BCUT2D eigenvalue weighted by atomic mass is 10.0. The van der Waals surface area contributed by atoms with Crippen LogP contribution in [0.1, 0.15) is 49.2 Å². The summed E-state index contributed by atoms with van der Waals surface area (Å²) in [5.74, 6) is 0.564. The van der Waals surface area contributed by atoms with Crippen molar-refractivity contribution >= 4 is 18.1 Å². The van der Waals surface area contributed by atoms with Gasteiger partial charge in [-0.05, 0) is 41.5 Å². The van der Waals surface area contributed by atoms with Crippen LogP contribution in [0.15, 0.2) is 54.6 Å². The molecule has 1 aliphatic heterocycles. The van der Waals surface area contributed by atoms with Crippen LogP contribution in [0.3, 0.4) is 0 Å². The smallest absolute Gasteiger partial charge is 0.173 e. The van der Waals surface area contributed by atoms with Gasteiger partial charge in [0.05, 0.1) is 6.04 Å². The Bertz CT molecular complexity index is 967. The summed E-state index contributed by atoms with van der Waals surface area (Å²) in [7, 11) is 0. The monoisotopic (exact) mass is 442 g/mol. The predicted molar refractivity (Wildman–Crippen MR) is 121 cm³/mol. The summed E-state index contributed by atoms with van der Waals surface area (Å²) in [5, 5.41) is 12.7. The molecule has 2 aliphatic rings. The molecular formula is C23H28ClFN6. The Labute approximate surface area is 188 Å². The highest BCUT2D eigenvalue weighted by atomic mass is 35.5. The maximum absolute atomic E-state index is 14.9. The Kier molecular flexibility index (Phi) is 6.83. The van der Waals surface area contributed by atoms with Gasteiger partial charge in [-0.3, -0.25) is 4.90 Å². The maximum atomic E-state index is 14.9. The van der Waals surface area contributed by atoms with Crippen LogP contribution in [-0.4, -0.2) is 51.3 Å². The van der Waals surface area contributed by atoms with Gasteiger partial charge >= 0.3 is 0 Å². The molecule has 1 atom stereocenters. The summed E-state index contributed by atoms with van der Waals surface area (Å²) in [6.45, 7) is 3.43. The number of anilines is 1. The van der Waals surface area contributed by atoms with E-state index in [4.69, 9.17) is 0 Å². The van der Waals surface area contributed by atoms with Crippen LogP contribution in [0.2, 0.25) is 0 Å². The lowest BCUT2D eigenvalue weighted by Gasteiger charge is -2.40. The Morgan fingerprint density at radius 1 is 0.871 bits per heavy atom. The van der Waals surface area contributed by atoms with Gasteiger partial charge in [0.2, 0.25) is 0 Å². The molecule has 5 rings (SSSR count). The highest BCUT2D eigenvalue weighted by Gasteiger charge is 2.34. The van der Waals surface area contributed by atoms with E-state index in [1.165, 1.54) is 24.6 Å². The summed E-state index contributed by atoms with van der Waals surface area (Å²) in [5.41, 5.74) is 1.88. The van der Waals surface area contributed by atoms with Gasteiger partial charge in [-0.1, -0.05) is 49.2 Å². The normalized spacial score (nSPS) is 18.7. The van der Waals surface area contributed by atoms with E-state index in [1.807, 2.05) is 22.9 Å². The topological polar surface area (TPSA) is 50.1 Å². The van der Waals surface area contributed by atoms with Gasteiger partial charge in [0.25, 0.3) is 0 Å². The van der Waals surface area contributed by atoms with Crippen molar-refractivity contribution in [1.29, 1.82) is 0 Å². The van der Waals surface area contributed by atoms with Crippen molar-refractivity contribution in [3.05, 3.63) is 71.8 Å². The van der Waals surface area contributed by atoms with Gasteiger partial charge in [-0.25, -0.2) is 9.07 Å². The number of halogens is 2. The van der Waals surface area contributed by atoms with Crippen molar-refractivity contribution in [2.24, 2.45) is 0 Å². The number of hydrogen-bond acceptors (Lipinski definition) is 5. The van der Waals surface area contributed by atoms with E-state index >= 15 is 0 Å². The molecule has 2 aromatic carbocycles. The van der Waals surface area contributed by atoms with E-state index in [9.17, 15) is 4.39 Å². The molecule has 31 heavy (non-hydrogen) atoms. The average Bonchev–Trinajstić information content (AvgIpc) is 3.48. The Balaban J connectivity index is 0.00000231. The van der Waals surface area contributed by atoms with Crippen LogP contribution in [0.5, 0.6) is 0 Å². The first-order valence-corrected chi connectivity index (χ1v) is 10.9. The van der Waals surface area contributed by atoms with Crippen molar-refractivity contribution in [3.8, 4) is 0 Å². The third kappa shape index (κ3) is 4.43. The second-order valence-electron chi connectivity index (χ2n) is 8.20. The van der Waals surface area contributed by atoms with Crippen LogP contribution in [0, 0.1) is 5.82 Å². The first-order valence-electron chi connectivity index (χ1n) is 10.9. The number of para-hydroxylation sites is 1. The largest absolute Gasteiger partial charge is 0.369 e. The molecule has 1 aliphatic carbocycles. The molecule has 1 saturated heterocycles. The minimum Gasteiger partial charge on any atom is -0.369 e. The fraction of sp³-hybridized carbons (Fsp3) is 0.435. The fourth-order valence-electron chi connectivity index (χ4n) is 4.86. The molecule has 0 amide bonds. The van der Waals surface area contributed by atoms with Crippen molar-refractivity contribution in [3.63, 3.8) is 0 Å². The molecule has 2 fully saturated rings. The van der Waals surface area contributed by atoms with Crippen LogP contribution in [0.25, 0.3) is 0 Å². The van der Waals surface area contributed by atoms with Crippen LogP contribution >= 0.6 is 12.4 Å². The Morgan fingerprint density at radius 2 is 1.55 bits per heavy atom. The summed E-state index contributed by atoms with van der Waals surface area (Å²) in [6, 6.07) is 17.5. The molecule has 8 heteroatoms. The minimum atomic E-state index is -0.278. The van der Waals surface area contributed by atoms with Crippen molar-refractivity contribution in [1.82, 2.24) is 25.1 Å². The van der Waals surface area contributed by atoms with E-state index in [2.05, 4.69) is 49.6 Å². The number of aromatic nitrogens is 4. The highest BCUT2D eigenvalue weighted by Crippen LogP contribution is 2.35. The third-order valence-corrected chi connectivity index (χ3v) is 6.43. The quantitative estimate of drug-likeness (QED) is 0.591. The molecular weight excluding hydrogens is 415 g/mol. The van der Waals surface area contributed by atoms with Gasteiger partial charge in [-0.15, -0.1) is 17.5 Å². The molecule has 0 N–H and O–H groups in total. The second-order valence-corrected chi connectivity index (χ2v) is 8.20. The van der Waals surface area contributed by atoms with Crippen LogP contribution in [0.4, 0.5) is 10.1 Å². The van der Waals surface area contributed by atoms with Crippen molar-refractivity contribution in [2.75, 3.05) is 31.1 Å². The molecule has 0 radical (unpaired) electrons. The molecule has 0 bridgehead atoms. The lowest BCUT2D eigenvalue weighted by molar-refractivity contribution is 0.194. The van der Waals surface area contributed by atoms with E-state index in [0.29, 0.717) is 11.6 Å². The Morgan fingerprint density at radius 3 is 2.26 bits per heavy atom. The highest BCUT2D eigenvalue weighted by molar-refractivity contribution is 5.85. The fourth-order valence-corrected chi connectivity index (χ4v) is 4.86. The summed E-state index contributed by atoms with van der Waals surface area (Å²) in [6.07, 6.45) is 4.57. The summed E-state index contributed by atoms with van der Waals surface area (Å²) in [4.78, 5) is 4.71. The molecule has 164 valence electrons. The number of hydrogen-bond donors (Lipinski definition) is 0. The van der Waals surface area contributed by atoms with Gasteiger partial charge in [0.15, 0.2) is 5.82 Å². The number of piperazine rings is 1. The van der Waals surface area contributed by atoms with Crippen molar-refractivity contribution in [2.45, 2.75) is 37.8 Å². The first-order chi connectivity index (χ1) is 14.8. The number of nitrogens with zero attached hydrogens (tertiary/aromatic N) is 6. The average molecular weight is 443 g/mol. The molecule has 6 nitrogen and oxygen atoms in total. The van der Waals surface area contributed by atoms with E-state index < -0.39 is 0 Å². The van der Waals surface area contributed by atoms with E-state index in [-0.39, 0.29) is 24.3 Å². The standard InChI is InChI=1S/C23H27FN6.ClH/c24-21-13-7-6-12-20(21)22(23-25-26-27-30(23)19-10-4-5-11-19)29-16-14-28(15-17-29)18-8-2-1-3-9-18;/h1-3,6-9,12-13,19,22H,4-5,10-11,14-17H2;1H. The third-order valence-electron chi connectivity index (χ3n) is 6.43. The molecule has 2 heterocycles. The zero-order valence-corrected chi connectivity index (χ0v) is 18.3.